The molecular weight excluding hydrogens is 664 g/mol. The van der Waals surface area contributed by atoms with E-state index in [1.807, 2.05) is 51.1 Å². The van der Waals surface area contributed by atoms with Crippen molar-refractivity contribution in [2.24, 2.45) is 0 Å². The third-order valence-electron chi connectivity index (χ3n) is 6.62. The predicted octanol–water partition coefficient (Wildman–Crippen LogP) is 10.1. The third-order valence-corrected chi connectivity index (χ3v) is 7.22. The summed E-state index contributed by atoms with van der Waals surface area (Å²) in [4.78, 5) is 11.2. The molecule has 3 heterocycles. The molecule has 47 heavy (non-hydrogen) atoms. The molecule has 0 atom stereocenters. The zero-order valence-electron chi connectivity index (χ0n) is 25.2. The average Bonchev–Trinajstić information content (AvgIpc) is 3.02. The van der Waals surface area contributed by atoms with Crippen molar-refractivity contribution in [3.05, 3.63) is 106 Å². The minimum Gasteiger partial charge on any atom is -0.506 e. The van der Waals surface area contributed by atoms with Crippen LogP contribution in [0.1, 0.15) is 16.7 Å². The largest absolute Gasteiger partial charge is 0.506 e. The molecule has 0 saturated heterocycles. The Kier molecular flexibility index (Phi) is 12.0. The summed E-state index contributed by atoms with van der Waals surface area (Å²) in [6.07, 6.45) is -1.22. The number of hydrogen-bond acceptors (Lipinski definition) is 6. The van der Waals surface area contributed by atoms with Crippen molar-refractivity contribution in [2.75, 3.05) is 13.2 Å². The molecule has 13 heteroatoms. The van der Waals surface area contributed by atoms with E-state index in [1.165, 1.54) is 12.4 Å². The van der Waals surface area contributed by atoms with Crippen LogP contribution < -0.4 is 9.47 Å². The highest BCUT2D eigenvalue weighted by molar-refractivity contribution is 6.34. The molecule has 3 aromatic carbocycles. The average molecular weight is 693 g/mol. The number of rotatable bonds is 6. The van der Waals surface area contributed by atoms with Gasteiger partial charge in [0.25, 0.3) is 12.9 Å². The summed E-state index contributed by atoms with van der Waals surface area (Å²) < 4.78 is 71.6. The first-order valence-electron chi connectivity index (χ1n) is 14.0. The van der Waals surface area contributed by atoms with Crippen molar-refractivity contribution < 1.29 is 36.5 Å². The molecule has 0 aliphatic carbocycles. The smallest absolute Gasteiger partial charge is 0.272 e. The van der Waals surface area contributed by atoms with Gasteiger partial charge in [-0.15, -0.1) is 0 Å². The summed E-state index contributed by atoms with van der Waals surface area (Å²) in [5.41, 5.74) is 2.98. The van der Waals surface area contributed by atoms with E-state index < -0.39 is 32.0 Å². The number of aryl methyl sites for hydroxylation is 3. The number of aromatic hydroxyl groups is 1. The lowest BCUT2D eigenvalue weighted by molar-refractivity contribution is 0.0822. The minimum atomic E-state index is -2.57. The van der Waals surface area contributed by atoms with Gasteiger partial charge in [-0.1, -0.05) is 70.2 Å². The fraction of sp³-hybridized carbons (Fsp3) is 0.206. The number of fused-ring (bicyclic) bond motifs is 3. The normalized spacial score (nSPS) is 11.0. The van der Waals surface area contributed by atoms with Gasteiger partial charge in [0, 0.05) is 32.3 Å². The molecule has 0 radical (unpaired) electrons. The third kappa shape index (κ3) is 9.30. The highest BCUT2D eigenvalue weighted by Crippen LogP contribution is 2.31. The van der Waals surface area contributed by atoms with E-state index >= 15 is 0 Å². The van der Waals surface area contributed by atoms with E-state index in [4.69, 9.17) is 32.7 Å². The zero-order chi connectivity index (χ0) is 34.2. The summed E-state index contributed by atoms with van der Waals surface area (Å²) in [6, 6.07) is 16.2. The van der Waals surface area contributed by atoms with Crippen molar-refractivity contribution >= 4 is 55.5 Å². The maximum atomic E-state index is 13.4. The molecule has 0 bridgehead atoms. The van der Waals surface area contributed by atoms with Crippen LogP contribution in [0.15, 0.2) is 73.2 Å². The van der Waals surface area contributed by atoms with Gasteiger partial charge in [0.15, 0.2) is 0 Å². The van der Waals surface area contributed by atoms with Crippen LogP contribution in [0.3, 0.4) is 0 Å². The van der Waals surface area contributed by atoms with Crippen molar-refractivity contribution in [1.82, 2.24) is 15.0 Å². The second kappa shape index (κ2) is 15.9. The summed E-state index contributed by atoms with van der Waals surface area (Å²) >= 11 is 11.8. The van der Waals surface area contributed by atoms with Gasteiger partial charge in [0.1, 0.15) is 40.8 Å². The van der Waals surface area contributed by atoms with Crippen LogP contribution in [0, 0.1) is 26.7 Å². The molecule has 6 nitrogen and oxygen atoms in total. The summed E-state index contributed by atoms with van der Waals surface area (Å²) in [5, 5.41) is 13.9. The van der Waals surface area contributed by atoms with Gasteiger partial charge in [-0.2, -0.15) is 4.39 Å². The number of aromatic nitrogens is 3. The Bertz CT molecular complexity index is 1920. The fourth-order valence-electron chi connectivity index (χ4n) is 4.43. The number of benzene rings is 3. The lowest BCUT2D eigenvalue weighted by Gasteiger charge is -2.09. The second-order valence-corrected chi connectivity index (χ2v) is 11.0. The van der Waals surface area contributed by atoms with Crippen LogP contribution in [0.25, 0.3) is 32.3 Å². The van der Waals surface area contributed by atoms with Gasteiger partial charge in [-0.05, 0) is 45.0 Å². The molecular formula is C34H28Cl2F5N3O3. The van der Waals surface area contributed by atoms with Crippen LogP contribution in [0.2, 0.25) is 10.3 Å². The van der Waals surface area contributed by atoms with E-state index in [1.54, 1.807) is 24.3 Å². The first-order valence-corrected chi connectivity index (χ1v) is 14.7. The highest BCUT2D eigenvalue weighted by Gasteiger charge is 2.12. The lowest BCUT2D eigenvalue weighted by Crippen LogP contribution is -2.07. The Morgan fingerprint density at radius 1 is 0.596 bits per heavy atom. The highest BCUT2D eigenvalue weighted by atomic mass is 35.5. The molecule has 0 saturated carbocycles. The number of nitrogens with zero attached hydrogens (tertiary/aromatic N) is 3. The molecule has 246 valence electrons. The molecule has 0 fully saturated rings. The van der Waals surface area contributed by atoms with E-state index in [-0.39, 0.29) is 16.9 Å². The van der Waals surface area contributed by atoms with Gasteiger partial charge < -0.3 is 14.6 Å². The monoisotopic (exact) mass is 691 g/mol. The molecule has 0 amide bonds. The van der Waals surface area contributed by atoms with Crippen molar-refractivity contribution in [1.29, 1.82) is 0 Å². The Labute approximate surface area is 276 Å². The summed E-state index contributed by atoms with van der Waals surface area (Å²) in [7, 11) is 0. The van der Waals surface area contributed by atoms with Crippen LogP contribution in [0.5, 0.6) is 17.2 Å². The second-order valence-electron chi connectivity index (χ2n) is 10.3. The Hall–Kier alpha value is -4.48. The van der Waals surface area contributed by atoms with E-state index in [0.29, 0.717) is 32.2 Å². The summed E-state index contributed by atoms with van der Waals surface area (Å²) in [5.74, 6) is 0.0336. The molecule has 0 aliphatic heterocycles. The SMILES string of the molecule is Cc1ccc2c(Cl)ncc(O)c2c1.Cc1ccc2c(Cl)ncc(OCC(F)F)c2c1.Cc1ccc2c(F)ncc(OCC(F)F)c2c1. The van der Waals surface area contributed by atoms with E-state index in [0.717, 1.165) is 33.7 Å². The fourth-order valence-corrected chi connectivity index (χ4v) is 4.86. The standard InChI is InChI=1S/C12H10ClF2NO.C12H10F3NO.C10H8ClNO/c1-7-2-3-8-9(4-7)10(5-16-12(8)13)17-6-11(14)15;1-7-2-3-8-9(4-7)10(5-16-12(8)15)17-6-11(13)14;1-6-2-3-7-8(4-6)9(13)5-12-10(7)11/h2*2-5,11H,6H2,1H3;2-5,13H,1H3. The molecule has 1 N–H and O–H groups in total. The van der Waals surface area contributed by atoms with E-state index in [2.05, 4.69) is 15.0 Å². The van der Waals surface area contributed by atoms with Gasteiger partial charge in [-0.3, -0.25) is 0 Å². The number of ether oxygens (including phenoxy) is 2. The van der Waals surface area contributed by atoms with Gasteiger partial charge in [0.05, 0.1) is 18.6 Å². The molecule has 6 aromatic rings. The maximum Gasteiger partial charge on any atom is 0.272 e. The molecule has 3 aromatic heterocycles. The first kappa shape index (κ1) is 35.4. The van der Waals surface area contributed by atoms with Crippen molar-refractivity contribution in [3.63, 3.8) is 0 Å². The summed E-state index contributed by atoms with van der Waals surface area (Å²) in [6.45, 7) is 4.33. The topological polar surface area (TPSA) is 77.4 Å². The number of hydrogen-bond donors (Lipinski definition) is 1. The van der Waals surface area contributed by atoms with Crippen molar-refractivity contribution in [3.8, 4) is 17.2 Å². The Morgan fingerprint density at radius 3 is 1.51 bits per heavy atom. The van der Waals surface area contributed by atoms with Crippen LogP contribution >= 0.6 is 23.2 Å². The maximum absolute atomic E-state index is 13.4. The van der Waals surface area contributed by atoms with Gasteiger partial charge in [0.2, 0.25) is 5.95 Å². The first-order chi connectivity index (χ1) is 22.3. The predicted molar refractivity (Wildman–Crippen MR) is 174 cm³/mol. The number of halogens is 7. The molecule has 6 rings (SSSR count). The molecule has 0 spiro atoms. The Morgan fingerprint density at radius 2 is 1.00 bits per heavy atom. The number of alkyl halides is 4. The van der Waals surface area contributed by atoms with Crippen LogP contribution in [-0.2, 0) is 0 Å². The van der Waals surface area contributed by atoms with E-state index in [9.17, 15) is 27.1 Å². The quantitative estimate of drug-likeness (QED) is 0.138. The van der Waals surface area contributed by atoms with Crippen molar-refractivity contribution in [2.45, 2.75) is 33.6 Å². The van der Waals surface area contributed by atoms with Crippen LogP contribution in [-0.4, -0.2) is 46.1 Å². The van der Waals surface area contributed by atoms with Gasteiger partial charge >= 0.3 is 0 Å². The lowest BCUT2D eigenvalue weighted by atomic mass is 10.1. The number of pyridine rings is 3. The van der Waals surface area contributed by atoms with Gasteiger partial charge in [-0.25, -0.2) is 32.5 Å². The minimum absolute atomic E-state index is 0.170. The zero-order valence-corrected chi connectivity index (χ0v) is 26.8. The molecule has 0 unspecified atom stereocenters. The Balaban J connectivity index is 0.000000161. The van der Waals surface area contributed by atoms with Crippen LogP contribution in [0.4, 0.5) is 22.0 Å². The molecule has 0 aliphatic rings.